The number of aryl methyl sites for hydroxylation is 1. The Morgan fingerprint density at radius 3 is 2.70 bits per heavy atom. The molecular formula is C15H23F3N2. The number of nitrogens with zero attached hydrogens (tertiary/aromatic N) is 1. The average Bonchev–Trinajstić information content (AvgIpc) is 2.41. The zero-order valence-corrected chi connectivity index (χ0v) is 11.9. The zero-order valence-electron chi connectivity index (χ0n) is 11.9. The van der Waals surface area contributed by atoms with Crippen LogP contribution in [0.4, 0.5) is 13.2 Å². The van der Waals surface area contributed by atoms with E-state index in [1.807, 2.05) is 18.3 Å². The SMILES string of the molecule is CCCNC(CCCC(F)(F)F)CCc1cccnc1. The Bertz CT molecular complexity index is 352. The van der Waals surface area contributed by atoms with Gasteiger partial charge in [0.25, 0.3) is 0 Å². The van der Waals surface area contributed by atoms with E-state index in [9.17, 15) is 13.2 Å². The lowest BCUT2D eigenvalue weighted by Gasteiger charge is -2.19. The first-order valence-electron chi connectivity index (χ1n) is 7.20. The monoisotopic (exact) mass is 288 g/mol. The molecule has 0 radical (unpaired) electrons. The predicted octanol–water partition coefficient (Wildman–Crippen LogP) is 4.12. The normalized spacial score (nSPS) is 13.4. The highest BCUT2D eigenvalue weighted by Gasteiger charge is 2.26. The van der Waals surface area contributed by atoms with Gasteiger partial charge in [0.15, 0.2) is 0 Å². The molecule has 2 nitrogen and oxygen atoms in total. The fraction of sp³-hybridized carbons (Fsp3) is 0.667. The molecule has 1 aromatic heterocycles. The van der Waals surface area contributed by atoms with E-state index in [-0.39, 0.29) is 12.5 Å². The smallest absolute Gasteiger partial charge is 0.314 e. The summed E-state index contributed by atoms with van der Waals surface area (Å²) in [7, 11) is 0. The van der Waals surface area contributed by atoms with Gasteiger partial charge in [0, 0.05) is 24.9 Å². The summed E-state index contributed by atoms with van der Waals surface area (Å²) in [4.78, 5) is 4.05. The molecule has 1 heterocycles. The summed E-state index contributed by atoms with van der Waals surface area (Å²) in [6.45, 7) is 2.91. The minimum absolute atomic E-state index is 0.150. The van der Waals surface area contributed by atoms with Gasteiger partial charge in [-0.05, 0) is 50.3 Å². The van der Waals surface area contributed by atoms with Crippen molar-refractivity contribution in [3.63, 3.8) is 0 Å². The maximum absolute atomic E-state index is 12.2. The molecular weight excluding hydrogens is 265 g/mol. The number of nitrogens with one attached hydrogen (secondary N) is 1. The van der Waals surface area contributed by atoms with Gasteiger partial charge in [0.1, 0.15) is 0 Å². The Balaban J connectivity index is 2.35. The third-order valence-electron chi connectivity index (χ3n) is 3.20. The first-order chi connectivity index (χ1) is 9.51. The molecule has 0 saturated carbocycles. The summed E-state index contributed by atoms with van der Waals surface area (Å²) in [6.07, 6.45) is 2.25. The molecule has 1 aromatic rings. The number of halogens is 3. The number of pyridine rings is 1. The molecule has 0 spiro atoms. The molecule has 1 N–H and O–H groups in total. The summed E-state index contributed by atoms with van der Waals surface area (Å²) in [5.41, 5.74) is 1.13. The number of alkyl halides is 3. The molecule has 0 aliphatic rings. The second kappa shape index (κ2) is 8.95. The van der Waals surface area contributed by atoms with Gasteiger partial charge in [-0.15, -0.1) is 0 Å². The largest absolute Gasteiger partial charge is 0.389 e. The van der Waals surface area contributed by atoms with Crippen LogP contribution in [0, 0.1) is 0 Å². The topological polar surface area (TPSA) is 24.9 Å². The van der Waals surface area contributed by atoms with Crippen LogP contribution in [0.2, 0.25) is 0 Å². The van der Waals surface area contributed by atoms with Crippen LogP contribution in [0.3, 0.4) is 0 Å². The van der Waals surface area contributed by atoms with Crippen molar-refractivity contribution in [1.29, 1.82) is 0 Å². The van der Waals surface area contributed by atoms with E-state index in [4.69, 9.17) is 0 Å². The van der Waals surface area contributed by atoms with E-state index in [1.165, 1.54) is 0 Å². The lowest BCUT2D eigenvalue weighted by molar-refractivity contribution is -0.135. The van der Waals surface area contributed by atoms with Gasteiger partial charge in [0.05, 0.1) is 0 Å². The fourth-order valence-electron chi connectivity index (χ4n) is 2.13. The van der Waals surface area contributed by atoms with Crippen molar-refractivity contribution in [2.75, 3.05) is 6.54 Å². The third kappa shape index (κ3) is 8.15. The van der Waals surface area contributed by atoms with E-state index in [0.29, 0.717) is 6.42 Å². The van der Waals surface area contributed by atoms with Gasteiger partial charge in [-0.2, -0.15) is 13.2 Å². The van der Waals surface area contributed by atoms with Crippen molar-refractivity contribution in [3.8, 4) is 0 Å². The van der Waals surface area contributed by atoms with Crippen LogP contribution in [0.5, 0.6) is 0 Å². The fourth-order valence-corrected chi connectivity index (χ4v) is 2.13. The third-order valence-corrected chi connectivity index (χ3v) is 3.20. The van der Waals surface area contributed by atoms with Crippen LogP contribution in [-0.2, 0) is 6.42 Å². The number of aromatic nitrogens is 1. The molecule has 5 heteroatoms. The first kappa shape index (κ1) is 17.0. The lowest BCUT2D eigenvalue weighted by atomic mass is 10.0. The zero-order chi connectivity index (χ0) is 14.8. The molecule has 0 fully saturated rings. The number of hydrogen-bond acceptors (Lipinski definition) is 2. The van der Waals surface area contributed by atoms with Gasteiger partial charge in [-0.25, -0.2) is 0 Å². The van der Waals surface area contributed by atoms with Crippen LogP contribution in [0.15, 0.2) is 24.5 Å². The van der Waals surface area contributed by atoms with Crippen LogP contribution >= 0.6 is 0 Å². The van der Waals surface area contributed by atoms with Crippen LogP contribution in [0.1, 0.15) is 44.6 Å². The molecule has 0 amide bonds. The van der Waals surface area contributed by atoms with E-state index in [1.54, 1.807) is 6.20 Å². The Morgan fingerprint density at radius 2 is 2.10 bits per heavy atom. The van der Waals surface area contributed by atoms with Crippen molar-refractivity contribution in [2.24, 2.45) is 0 Å². The maximum atomic E-state index is 12.2. The first-order valence-corrected chi connectivity index (χ1v) is 7.20. The van der Waals surface area contributed by atoms with E-state index < -0.39 is 12.6 Å². The molecule has 1 unspecified atom stereocenters. The number of rotatable bonds is 9. The number of hydrogen-bond donors (Lipinski definition) is 1. The summed E-state index contributed by atoms with van der Waals surface area (Å²) < 4.78 is 36.5. The second-order valence-corrected chi connectivity index (χ2v) is 5.06. The Morgan fingerprint density at radius 1 is 1.30 bits per heavy atom. The van der Waals surface area contributed by atoms with Gasteiger partial charge < -0.3 is 5.32 Å². The predicted molar refractivity (Wildman–Crippen MR) is 74.5 cm³/mol. The Hall–Kier alpha value is -1.10. The van der Waals surface area contributed by atoms with Gasteiger partial charge in [0.2, 0.25) is 0 Å². The molecule has 0 aliphatic heterocycles. The second-order valence-electron chi connectivity index (χ2n) is 5.06. The quantitative estimate of drug-likeness (QED) is 0.739. The van der Waals surface area contributed by atoms with E-state index >= 15 is 0 Å². The average molecular weight is 288 g/mol. The Labute approximate surface area is 118 Å². The molecule has 114 valence electrons. The summed E-state index contributed by atoms with van der Waals surface area (Å²) in [6, 6.07) is 4.03. The van der Waals surface area contributed by atoms with E-state index in [2.05, 4.69) is 17.2 Å². The van der Waals surface area contributed by atoms with Crippen LogP contribution < -0.4 is 5.32 Å². The maximum Gasteiger partial charge on any atom is 0.389 e. The van der Waals surface area contributed by atoms with Crippen molar-refractivity contribution in [3.05, 3.63) is 30.1 Å². The standard InChI is InChI=1S/C15H23F3N2/c1-2-10-20-14(6-3-9-15(16,17)18)8-7-13-5-4-11-19-12-13/h4-5,11-12,14,20H,2-3,6-10H2,1H3. The van der Waals surface area contributed by atoms with Crippen molar-refractivity contribution in [2.45, 2.75) is 57.7 Å². The lowest BCUT2D eigenvalue weighted by Crippen LogP contribution is -2.30. The molecule has 0 saturated heterocycles. The van der Waals surface area contributed by atoms with Gasteiger partial charge >= 0.3 is 6.18 Å². The minimum atomic E-state index is -4.04. The van der Waals surface area contributed by atoms with Gasteiger partial charge in [-0.3, -0.25) is 4.98 Å². The van der Waals surface area contributed by atoms with Crippen molar-refractivity contribution < 1.29 is 13.2 Å². The summed E-state index contributed by atoms with van der Waals surface area (Å²) in [5.74, 6) is 0. The minimum Gasteiger partial charge on any atom is -0.314 e. The highest BCUT2D eigenvalue weighted by Crippen LogP contribution is 2.23. The molecule has 0 aliphatic carbocycles. The van der Waals surface area contributed by atoms with Crippen molar-refractivity contribution >= 4 is 0 Å². The summed E-state index contributed by atoms with van der Waals surface area (Å²) >= 11 is 0. The highest BCUT2D eigenvalue weighted by molar-refractivity contribution is 5.08. The van der Waals surface area contributed by atoms with Crippen LogP contribution in [0.25, 0.3) is 0 Å². The molecule has 0 bridgehead atoms. The molecule has 1 atom stereocenters. The van der Waals surface area contributed by atoms with Crippen LogP contribution in [-0.4, -0.2) is 23.7 Å². The molecule has 0 aromatic carbocycles. The molecule has 1 rings (SSSR count). The van der Waals surface area contributed by atoms with E-state index in [0.717, 1.165) is 31.4 Å². The Kier molecular flexibility index (Phi) is 7.59. The van der Waals surface area contributed by atoms with Crippen molar-refractivity contribution in [1.82, 2.24) is 10.3 Å². The molecule has 20 heavy (non-hydrogen) atoms. The highest BCUT2D eigenvalue weighted by atomic mass is 19.4. The summed E-state index contributed by atoms with van der Waals surface area (Å²) in [5, 5.41) is 3.34. The van der Waals surface area contributed by atoms with Gasteiger partial charge in [-0.1, -0.05) is 13.0 Å².